The molecule has 1 aliphatic carbocycles. The van der Waals surface area contributed by atoms with E-state index < -0.39 is 0 Å². The monoisotopic (exact) mass is 322 g/mol. The summed E-state index contributed by atoms with van der Waals surface area (Å²) in [4.78, 5) is 23.6. The molecule has 0 spiro atoms. The zero-order valence-electron chi connectivity index (χ0n) is 13.7. The van der Waals surface area contributed by atoms with Gasteiger partial charge in [-0.15, -0.1) is 0 Å². The largest absolute Gasteiger partial charge is 0.336 e. The molecule has 4 rings (SSSR count). The van der Waals surface area contributed by atoms with E-state index in [1.807, 2.05) is 36.9 Å². The summed E-state index contributed by atoms with van der Waals surface area (Å²) in [7, 11) is 0. The van der Waals surface area contributed by atoms with Gasteiger partial charge in [0.2, 0.25) is 0 Å². The maximum atomic E-state index is 13.3. The molecule has 1 amide bonds. The molecule has 0 unspecified atom stereocenters. The second-order valence-corrected chi connectivity index (χ2v) is 6.28. The highest BCUT2D eigenvalue weighted by Gasteiger charge is 2.34. The van der Waals surface area contributed by atoms with Crippen molar-refractivity contribution in [1.82, 2.24) is 20.0 Å². The lowest BCUT2D eigenvalue weighted by molar-refractivity contribution is 0.0731. The Morgan fingerprint density at radius 1 is 1.29 bits per heavy atom. The number of aromatic nitrogens is 3. The van der Waals surface area contributed by atoms with Crippen molar-refractivity contribution in [3.8, 4) is 0 Å². The van der Waals surface area contributed by atoms with Gasteiger partial charge in [0.05, 0.1) is 16.6 Å². The van der Waals surface area contributed by atoms with Gasteiger partial charge in [0.25, 0.3) is 11.6 Å². The van der Waals surface area contributed by atoms with E-state index in [9.17, 15) is 4.79 Å². The number of carbonyl (C=O) groups is 1. The molecule has 3 aromatic heterocycles. The van der Waals surface area contributed by atoms with Crippen molar-refractivity contribution >= 4 is 17.0 Å². The Morgan fingerprint density at radius 3 is 2.75 bits per heavy atom. The minimum Gasteiger partial charge on any atom is -0.336 e. The SMILES string of the molecule is Cc1cc(C(=O)N(Cc2ccncc2)C2CC2)c2c(C)noc2n1. The molecule has 1 aliphatic rings. The van der Waals surface area contributed by atoms with Crippen LogP contribution < -0.4 is 0 Å². The highest BCUT2D eigenvalue weighted by Crippen LogP contribution is 2.32. The van der Waals surface area contributed by atoms with Crippen LogP contribution in [0.4, 0.5) is 0 Å². The van der Waals surface area contributed by atoms with Gasteiger partial charge >= 0.3 is 0 Å². The normalized spacial score (nSPS) is 14.1. The lowest BCUT2D eigenvalue weighted by atomic mass is 10.1. The first-order valence-corrected chi connectivity index (χ1v) is 8.07. The first-order chi connectivity index (χ1) is 11.6. The molecule has 0 saturated heterocycles. The molecule has 122 valence electrons. The maximum Gasteiger partial charge on any atom is 0.258 e. The molecular weight excluding hydrogens is 304 g/mol. The van der Waals surface area contributed by atoms with Crippen LogP contribution in [-0.2, 0) is 6.54 Å². The molecule has 0 aliphatic heterocycles. The quantitative estimate of drug-likeness (QED) is 0.738. The predicted molar refractivity (Wildman–Crippen MR) is 88.4 cm³/mol. The van der Waals surface area contributed by atoms with Crippen molar-refractivity contribution in [1.29, 1.82) is 0 Å². The van der Waals surface area contributed by atoms with Gasteiger partial charge in [-0.3, -0.25) is 9.78 Å². The average Bonchev–Trinajstić information content (AvgIpc) is 3.36. The summed E-state index contributed by atoms with van der Waals surface area (Å²) in [5.74, 6) is 0.0103. The zero-order chi connectivity index (χ0) is 16.7. The van der Waals surface area contributed by atoms with Crippen molar-refractivity contribution in [2.45, 2.75) is 39.3 Å². The van der Waals surface area contributed by atoms with Crippen molar-refractivity contribution in [3.05, 3.63) is 53.1 Å². The second kappa shape index (κ2) is 5.70. The van der Waals surface area contributed by atoms with Crippen LogP contribution in [0.3, 0.4) is 0 Å². The molecule has 6 nitrogen and oxygen atoms in total. The van der Waals surface area contributed by atoms with E-state index in [0.29, 0.717) is 34.9 Å². The van der Waals surface area contributed by atoms with E-state index >= 15 is 0 Å². The molecule has 0 aromatic carbocycles. The van der Waals surface area contributed by atoms with Crippen LogP contribution >= 0.6 is 0 Å². The number of hydrogen-bond acceptors (Lipinski definition) is 5. The number of hydrogen-bond donors (Lipinski definition) is 0. The summed E-state index contributed by atoms with van der Waals surface area (Å²) >= 11 is 0. The molecule has 0 atom stereocenters. The van der Waals surface area contributed by atoms with Gasteiger partial charge in [-0.05, 0) is 50.5 Å². The Bertz CT molecular complexity index is 900. The van der Waals surface area contributed by atoms with Crippen LogP contribution in [-0.4, -0.2) is 32.0 Å². The smallest absolute Gasteiger partial charge is 0.258 e. The number of amides is 1. The lowest BCUT2D eigenvalue weighted by Crippen LogP contribution is -2.32. The van der Waals surface area contributed by atoms with Gasteiger partial charge < -0.3 is 9.42 Å². The number of carbonyl (C=O) groups excluding carboxylic acids is 1. The third kappa shape index (κ3) is 2.64. The molecule has 6 heteroatoms. The Morgan fingerprint density at radius 2 is 2.04 bits per heavy atom. The van der Waals surface area contributed by atoms with Crippen molar-refractivity contribution in [2.24, 2.45) is 0 Å². The van der Waals surface area contributed by atoms with Gasteiger partial charge in [-0.1, -0.05) is 5.16 Å². The molecule has 0 bridgehead atoms. The molecule has 24 heavy (non-hydrogen) atoms. The van der Waals surface area contributed by atoms with E-state index in [0.717, 1.165) is 24.1 Å². The van der Waals surface area contributed by atoms with E-state index in [1.54, 1.807) is 12.4 Å². The highest BCUT2D eigenvalue weighted by molar-refractivity contribution is 6.06. The van der Waals surface area contributed by atoms with Crippen LogP contribution in [0, 0.1) is 13.8 Å². The topological polar surface area (TPSA) is 72.1 Å². The van der Waals surface area contributed by atoms with E-state index in [-0.39, 0.29) is 5.91 Å². The van der Waals surface area contributed by atoms with Crippen molar-refractivity contribution in [3.63, 3.8) is 0 Å². The summed E-state index contributed by atoms with van der Waals surface area (Å²) < 4.78 is 5.25. The first kappa shape index (κ1) is 14.8. The molecule has 1 saturated carbocycles. The molecular formula is C18H18N4O2. The molecule has 0 radical (unpaired) electrons. The number of fused-ring (bicyclic) bond motifs is 1. The highest BCUT2D eigenvalue weighted by atomic mass is 16.5. The average molecular weight is 322 g/mol. The Labute approximate surface area is 139 Å². The summed E-state index contributed by atoms with van der Waals surface area (Å²) in [6.07, 6.45) is 5.60. The Kier molecular flexibility index (Phi) is 3.52. The molecule has 1 fully saturated rings. The van der Waals surface area contributed by atoms with Gasteiger partial charge in [0, 0.05) is 30.7 Å². The van der Waals surface area contributed by atoms with Crippen molar-refractivity contribution < 1.29 is 9.32 Å². The van der Waals surface area contributed by atoms with Gasteiger partial charge in [-0.2, -0.15) is 0 Å². The van der Waals surface area contributed by atoms with E-state index in [2.05, 4.69) is 15.1 Å². The van der Waals surface area contributed by atoms with Gasteiger partial charge in [0.1, 0.15) is 0 Å². The van der Waals surface area contributed by atoms with Crippen LogP contribution in [0.15, 0.2) is 35.1 Å². The third-order valence-corrected chi connectivity index (χ3v) is 4.33. The second-order valence-electron chi connectivity index (χ2n) is 6.28. The van der Waals surface area contributed by atoms with Crippen LogP contribution in [0.25, 0.3) is 11.1 Å². The zero-order valence-corrected chi connectivity index (χ0v) is 13.7. The summed E-state index contributed by atoms with van der Waals surface area (Å²) in [6.45, 7) is 4.28. The number of pyridine rings is 2. The first-order valence-electron chi connectivity index (χ1n) is 8.07. The van der Waals surface area contributed by atoms with Crippen LogP contribution in [0.2, 0.25) is 0 Å². The van der Waals surface area contributed by atoms with Crippen LogP contribution in [0.5, 0.6) is 0 Å². The van der Waals surface area contributed by atoms with Gasteiger partial charge in [0.15, 0.2) is 0 Å². The fourth-order valence-corrected chi connectivity index (χ4v) is 2.98. The number of rotatable bonds is 4. The minimum atomic E-state index is 0.0103. The Hall–Kier alpha value is -2.76. The third-order valence-electron chi connectivity index (χ3n) is 4.33. The summed E-state index contributed by atoms with van der Waals surface area (Å²) in [5, 5.41) is 4.68. The predicted octanol–water partition coefficient (Wildman–Crippen LogP) is 3.04. The molecule has 3 heterocycles. The van der Waals surface area contributed by atoms with Crippen molar-refractivity contribution in [2.75, 3.05) is 0 Å². The maximum absolute atomic E-state index is 13.3. The fourth-order valence-electron chi connectivity index (χ4n) is 2.98. The molecule has 0 N–H and O–H groups in total. The Balaban J connectivity index is 1.74. The van der Waals surface area contributed by atoms with Gasteiger partial charge in [-0.25, -0.2) is 4.98 Å². The van der Waals surface area contributed by atoms with Crippen LogP contribution in [0.1, 0.15) is 40.2 Å². The number of nitrogens with zero attached hydrogens (tertiary/aromatic N) is 4. The lowest BCUT2D eigenvalue weighted by Gasteiger charge is -2.23. The summed E-state index contributed by atoms with van der Waals surface area (Å²) in [6, 6.07) is 6.02. The minimum absolute atomic E-state index is 0.0103. The number of aryl methyl sites for hydroxylation is 2. The summed E-state index contributed by atoms with van der Waals surface area (Å²) in [5.41, 5.74) is 3.57. The fraction of sp³-hybridized carbons (Fsp3) is 0.333. The standard InChI is InChI=1S/C18H18N4O2/c1-11-9-15(16-12(2)21-24-17(16)20-11)18(23)22(14-3-4-14)10-13-5-7-19-8-6-13/h5-9,14H,3-4,10H2,1-2H3. The van der Waals surface area contributed by atoms with E-state index in [1.165, 1.54) is 0 Å². The molecule has 3 aromatic rings. The van der Waals surface area contributed by atoms with E-state index in [4.69, 9.17) is 4.52 Å².